The normalized spacial score (nSPS) is 18.1. The van der Waals surface area contributed by atoms with Crippen LogP contribution in [0.5, 0.6) is 0 Å². The second-order valence-electron chi connectivity index (χ2n) is 7.96. The van der Waals surface area contributed by atoms with Crippen molar-refractivity contribution in [1.82, 2.24) is 0 Å². The van der Waals surface area contributed by atoms with Gasteiger partial charge in [0.15, 0.2) is 0 Å². The van der Waals surface area contributed by atoms with Gasteiger partial charge in [-0.1, -0.05) is 82.9 Å². The summed E-state index contributed by atoms with van der Waals surface area (Å²) in [6.45, 7) is 2.27. The lowest BCUT2D eigenvalue weighted by Gasteiger charge is -2.21. The van der Waals surface area contributed by atoms with Crippen LogP contribution in [-0.2, 0) is 9.53 Å². The molecular weight excluding hydrogens is 336 g/mol. The number of aliphatic hydroxyl groups is 1. The van der Waals surface area contributed by atoms with E-state index in [-0.39, 0.29) is 18.2 Å². The van der Waals surface area contributed by atoms with Crippen molar-refractivity contribution in [3.05, 3.63) is 24.3 Å². The number of unbranched alkanes of at least 4 members (excludes halogenated alkanes) is 11. The van der Waals surface area contributed by atoms with Crippen molar-refractivity contribution in [2.45, 2.75) is 122 Å². The average Bonchev–Trinajstić information content (AvgIpc) is 2.65. The molecule has 0 aliphatic carbocycles. The molecule has 0 spiro atoms. The van der Waals surface area contributed by atoms with Crippen molar-refractivity contribution in [3.63, 3.8) is 0 Å². The highest BCUT2D eigenvalue weighted by molar-refractivity contribution is 5.82. The summed E-state index contributed by atoms with van der Waals surface area (Å²) < 4.78 is 5.19. The van der Waals surface area contributed by atoms with Crippen LogP contribution in [0, 0.1) is 0 Å². The molecule has 0 aromatic heterocycles. The molecule has 0 unspecified atom stereocenters. The van der Waals surface area contributed by atoms with Gasteiger partial charge in [-0.15, -0.1) is 0 Å². The minimum Gasteiger partial charge on any atom is -0.459 e. The van der Waals surface area contributed by atoms with Gasteiger partial charge in [0.05, 0.1) is 6.10 Å². The van der Waals surface area contributed by atoms with Gasteiger partial charge >= 0.3 is 5.97 Å². The maximum absolute atomic E-state index is 11.2. The molecule has 0 aromatic rings. The summed E-state index contributed by atoms with van der Waals surface area (Å²) in [5, 5.41) is 10.1. The van der Waals surface area contributed by atoms with Crippen LogP contribution >= 0.6 is 0 Å². The van der Waals surface area contributed by atoms with E-state index in [2.05, 4.69) is 19.1 Å². The Kier molecular flexibility index (Phi) is 15.1. The molecule has 3 heteroatoms. The van der Waals surface area contributed by atoms with E-state index >= 15 is 0 Å². The van der Waals surface area contributed by atoms with Crippen LogP contribution in [0.2, 0.25) is 0 Å². The lowest BCUT2D eigenvalue weighted by atomic mass is 10.0. The molecule has 1 heterocycles. The van der Waals surface area contributed by atoms with Crippen molar-refractivity contribution in [2.24, 2.45) is 0 Å². The Morgan fingerprint density at radius 3 is 2.22 bits per heavy atom. The summed E-state index contributed by atoms with van der Waals surface area (Å²) in [5.41, 5.74) is 0. The fraction of sp³-hybridized carbons (Fsp3) is 0.792. The molecule has 0 fully saturated rings. The zero-order chi connectivity index (χ0) is 19.6. The quantitative estimate of drug-likeness (QED) is 0.175. The van der Waals surface area contributed by atoms with Crippen LogP contribution in [-0.4, -0.2) is 23.3 Å². The van der Waals surface area contributed by atoms with E-state index in [1.54, 1.807) is 0 Å². The maximum Gasteiger partial charge on any atom is 0.330 e. The predicted molar refractivity (Wildman–Crippen MR) is 114 cm³/mol. The fourth-order valence-electron chi connectivity index (χ4n) is 3.58. The monoisotopic (exact) mass is 378 g/mol. The van der Waals surface area contributed by atoms with Gasteiger partial charge in [0, 0.05) is 18.9 Å². The number of hydrogen-bond acceptors (Lipinski definition) is 3. The first kappa shape index (κ1) is 23.9. The van der Waals surface area contributed by atoms with Crippen LogP contribution in [0.3, 0.4) is 0 Å². The summed E-state index contributed by atoms with van der Waals surface area (Å²) in [7, 11) is 0. The van der Waals surface area contributed by atoms with Crippen LogP contribution in [0.4, 0.5) is 0 Å². The maximum atomic E-state index is 11.2. The number of esters is 1. The number of aliphatic hydroxyl groups excluding tert-OH is 1. The minimum absolute atomic E-state index is 0.138. The standard InChI is InChI=1S/C24H42O3/c1-2-3-4-5-6-7-8-9-10-11-12-13-14-15-16-18-22(25)21-23-19-17-20-24(26)27-23/h9-10,17,20,22-23,25H,2-8,11-16,18-19,21H2,1H3/b10-9-/t22-,23+/m0/s1. The largest absolute Gasteiger partial charge is 0.459 e. The number of allylic oxidation sites excluding steroid dienone is 2. The third kappa shape index (κ3) is 14.6. The lowest BCUT2D eigenvalue weighted by molar-refractivity contribution is -0.145. The second-order valence-corrected chi connectivity index (χ2v) is 7.96. The number of hydrogen-bond donors (Lipinski definition) is 1. The summed E-state index contributed by atoms with van der Waals surface area (Å²) in [5.74, 6) is -0.278. The van der Waals surface area contributed by atoms with Gasteiger partial charge in [0.1, 0.15) is 6.10 Å². The zero-order valence-electron chi connectivity index (χ0n) is 17.5. The number of ether oxygens (including phenoxy) is 1. The Balaban J connectivity index is 1.82. The first-order valence-corrected chi connectivity index (χ1v) is 11.4. The molecule has 0 aromatic carbocycles. The first-order chi connectivity index (χ1) is 13.2. The minimum atomic E-state index is -0.348. The second kappa shape index (κ2) is 17.0. The number of rotatable bonds is 17. The van der Waals surface area contributed by atoms with Crippen molar-refractivity contribution < 1.29 is 14.6 Å². The van der Waals surface area contributed by atoms with Crippen LogP contribution < -0.4 is 0 Å². The molecule has 0 amide bonds. The van der Waals surface area contributed by atoms with Gasteiger partial charge in [-0.3, -0.25) is 0 Å². The molecule has 27 heavy (non-hydrogen) atoms. The zero-order valence-corrected chi connectivity index (χ0v) is 17.5. The third-order valence-corrected chi connectivity index (χ3v) is 5.27. The Labute approximate surface area is 167 Å². The number of cyclic esters (lactones) is 1. The predicted octanol–water partition coefficient (Wildman–Crippen LogP) is 6.65. The highest BCUT2D eigenvalue weighted by atomic mass is 16.5. The third-order valence-electron chi connectivity index (χ3n) is 5.27. The van der Waals surface area contributed by atoms with Gasteiger partial charge < -0.3 is 9.84 Å². The molecule has 1 N–H and O–H groups in total. The van der Waals surface area contributed by atoms with Gasteiger partial charge in [-0.25, -0.2) is 4.79 Å². The Bertz CT molecular complexity index is 414. The van der Waals surface area contributed by atoms with E-state index in [4.69, 9.17) is 4.74 Å². The summed E-state index contributed by atoms with van der Waals surface area (Å²) >= 11 is 0. The summed E-state index contributed by atoms with van der Waals surface area (Å²) in [6, 6.07) is 0. The fourth-order valence-corrected chi connectivity index (χ4v) is 3.58. The lowest BCUT2D eigenvalue weighted by Crippen LogP contribution is -2.25. The Hall–Kier alpha value is -1.09. The van der Waals surface area contributed by atoms with Crippen molar-refractivity contribution in [1.29, 1.82) is 0 Å². The van der Waals surface area contributed by atoms with Crippen LogP contribution in [0.15, 0.2) is 24.3 Å². The number of carbonyl (C=O) groups excluding carboxylic acids is 1. The van der Waals surface area contributed by atoms with E-state index < -0.39 is 0 Å². The van der Waals surface area contributed by atoms with Gasteiger partial charge in [0.2, 0.25) is 0 Å². The molecule has 1 aliphatic heterocycles. The van der Waals surface area contributed by atoms with Crippen molar-refractivity contribution in [3.8, 4) is 0 Å². The molecule has 0 radical (unpaired) electrons. The van der Waals surface area contributed by atoms with E-state index in [0.717, 1.165) is 19.3 Å². The van der Waals surface area contributed by atoms with Crippen molar-refractivity contribution >= 4 is 5.97 Å². The molecule has 3 nitrogen and oxygen atoms in total. The van der Waals surface area contributed by atoms with Gasteiger partial charge in [-0.05, 0) is 32.1 Å². The molecule has 1 rings (SSSR count). The van der Waals surface area contributed by atoms with E-state index in [1.807, 2.05) is 6.08 Å². The topological polar surface area (TPSA) is 46.5 Å². The first-order valence-electron chi connectivity index (χ1n) is 11.4. The van der Waals surface area contributed by atoms with E-state index in [0.29, 0.717) is 6.42 Å². The SMILES string of the molecule is CCCCCCCC/C=C\CCCCCCC[C@H](O)C[C@H]1CC=CC(=O)O1. The van der Waals surface area contributed by atoms with Crippen molar-refractivity contribution in [2.75, 3.05) is 0 Å². The van der Waals surface area contributed by atoms with Crippen LogP contribution in [0.1, 0.15) is 110 Å². The summed E-state index contributed by atoms with van der Waals surface area (Å²) in [6.07, 6.45) is 26.4. The van der Waals surface area contributed by atoms with Crippen LogP contribution in [0.25, 0.3) is 0 Å². The van der Waals surface area contributed by atoms with Gasteiger partial charge in [0.25, 0.3) is 0 Å². The molecule has 2 atom stereocenters. The molecule has 0 bridgehead atoms. The molecule has 1 aliphatic rings. The molecule has 0 saturated heterocycles. The Morgan fingerprint density at radius 1 is 1.00 bits per heavy atom. The average molecular weight is 379 g/mol. The molecule has 0 saturated carbocycles. The number of carbonyl (C=O) groups is 1. The molecular formula is C24H42O3. The smallest absolute Gasteiger partial charge is 0.330 e. The van der Waals surface area contributed by atoms with Gasteiger partial charge in [-0.2, -0.15) is 0 Å². The highest BCUT2D eigenvalue weighted by Crippen LogP contribution is 2.17. The Morgan fingerprint density at radius 2 is 1.59 bits per heavy atom. The van der Waals surface area contributed by atoms with E-state index in [1.165, 1.54) is 83.1 Å². The highest BCUT2D eigenvalue weighted by Gasteiger charge is 2.19. The van der Waals surface area contributed by atoms with E-state index in [9.17, 15) is 9.90 Å². The summed E-state index contributed by atoms with van der Waals surface area (Å²) in [4.78, 5) is 11.2. The molecule has 156 valence electrons.